The molecule has 0 spiro atoms. The van der Waals surface area contributed by atoms with Crippen molar-refractivity contribution in [1.29, 1.82) is 0 Å². The van der Waals surface area contributed by atoms with Crippen LogP contribution in [0, 0.1) is 11.2 Å². The van der Waals surface area contributed by atoms with E-state index >= 15 is 0 Å². The van der Waals surface area contributed by atoms with E-state index in [-0.39, 0.29) is 13.0 Å². The molecular weight excluding hydrogens is 389 g/mol. The Morgan fingerprint density at radius 1 is 1.23 bits per heavy atom. The lowest BCUT2D eigenvalue weighted by molar-refractivity contribution is -0.163. The molecule has 0 unspecified atom stereocenters. The van der Waals surface area contributed by atoms with E-state index in [1.54, 1.807) is 12.1 Å². The fourth-order valence-electron chi connectivity index (χ4n) is 4.07. The number of piperidine rings is 1. The molecule has 2 heterocycles. The molecule has 2 aromatic carbocycles. The maximum Gasteiger partial charge on any atom is 0.313 e. The maximum atomic E-state index is 13.6. The molecule has 0 aliphatic carbocycles. The summed E-state index contributed by atoms with van der Waals surface area (Å²) in [7, 11) is 0. The van der Waals surface area contributed by atoms with Crippen molar-refractivity contribution in [2.45, 2.75) is 25.5 Å². The van der Waals surface area contributed by atoms with Crippen LogP contribution in [0.1, 0.15) is 17.5 Å². The number of likely N-dealkylation sites (tertiary alicyclic amines) is 1. The Labute approximate surface area is 172 Å². The van der Waals surface area contributed by atoms with E-state index in [1.165, 1.54) is 12.1 Å². The third-order valence-corrected chi connectivity index (χ3v) is 5.66. The molecule has 0 amide bonds. The van der Waals surface area contributed by atoms with E-state index < -0.39 is 23.3 Å². The quantitative estimate of drug-likeness (QED) is 0.567. The number of hydrogen-bond donors (Lipinski definition) is 3. The van der Waals surface area contributed by atoms with Gasteiger partial charge in [0.2, 0.25) is 5.82 Å². The molecule has 156 valence electrons. The normalized spacial score (nSPS) is 22.1. The van der Waals surface area contributed by atoms with Crippen LogP contribution >= 0.6 is 0 Å². The Morgan fingerprint density at radius 2 is 2.03 bits per heavy atom. The van der Waals surface area contributed by atoms with Crippen molar-refractivity contribution in [1.82, 2.24) is 25.5 Å². The van der Waals surface area contributed by atoms with Crippen LogP contribution in [0.15, 0.2) is 48.5 Å². The number of halogens is 1. The maximum absolute atomic E-state index is 13.6. The first-order valence-corrected chi connectivity index (χ1v) is 9.67. The first-order chi connectivity index (χ1) is 14.5. The van der Waals surface area contributed by atoms with Crippen molar-refractivity contribution >= 4 is 5.97 Å². The van der Waals surface area contributed by atoms with Crippen molar-refractivity contribution in [3.63, 3.8) is 0 Å². The van der Waals surface area contributed by atoms with Gasteiger partial charge in [-0.25, -0.2) is 4.39 Å². The second-order valence-corrected chi connectivity index (χ2v) is 7.72. The zero-order chi connectivity index (χ0) is 21.1. The largest absolute Gasteiger partial charge is 0.481 e. The average Bonchev–Trinajstić information content (AvgIpc) is 3.26. The molecule has 1 aliphatic heterocycles. The Kier molecular flexibility index (Phi) is 5.56. The number of aliphatic hydroxyl groups is 1. The number of aliphatic hydroxyl groups excluding tert-OH is 1. The van der Waals surface area contributed by atoms with Gasteiger partial charge in [-0.05, 0) is 41.3 Å². The fourth-order valence-corrected chi connectivity index (χ4v) is 4.07. The topological polar surface area (TPSA) is 115 Å². The minimum Gasteiger partial charge on any atom is -0.481 e. The number of carboxylic acids is 1. The Balaban J connectivity index is 1.51. The molecule has 3 N–H and O–H groups in total. The summed E-state index contributed by atoms with van der Waals surface area (Å²) in [5.74, 6) is -0.990. The molecular formula is C21H22FN5O3. The number of H-pyrrole nitrogens is 1. The van der Waals surface area contributed by atoms with Crippen molar-refractivity contribution in [2.75, 3.05) is 13.1 Å². The van der Waals surface area contributed by atoms with Gasteiger partial charge in [0.05, 0.1) is 6.10 Å². The van der Waals surface area contributed by atoms with Gasteiger partial charge < -0.3 is 10.2 Å². The van der Waals surface area contributed by atoms with Crippen molar-refractivity contribution < 1.29 is 19.4 Å². The van der Waals surface area contributed by atoms with Gasteiger partial charge in [-0.3, -0.25) is 9.69 Å². The number of tetrazole rings is 1. The number of hydrogen-bond acceptors (Lipinski definition) is 6. The van der Waals surface area contributed by atoms with Gasteiger partial charge in [-0.1, -0.05) is 36.4 Å². The number of nitrogens with one attached hydrogen (secondary N) is 1. The van der Waals surface area contributed by atoms with Crippen LogP contribution in [0.5, 0.6) is 0 Å². The predicted octanol–water partition coefficient (Wildman–Crippen LogP) is 1.89. The molecule has 4 rings (SSSR count). The third-order valence-electron chi connectivity index (χ3n) is 5.66. The molecule has 0 bridgehead atoms. The first-order valence-electron chi connectivity index (χ1n) is 9.67. The standard InChI is InChI=1S/C21H22FN5O3/c22-17-3-1-2-15(10-17)11-21(20(29)30)13-27(9-8-18(21)28)12-14-4-6-16(7-5-14)19-23-25-26-24-19/h1-7,10,18,28H,8-9,11-13H2,(H,29,30)(H,23,24,25,26)/t18-,21-/m1/s1. The van der Waals surface area contributed by atoms with Gasteiger partial charge in [0.1, 0.15) is 11.2 Å². The van der Waals surface area contributed by atoms with Crippen LogP contribution < -0.4 is 0 Å². The lowest BCUT2D eigenvalue weighted by Crippen LogP contribution is -2.56. The molecule has 3 aromatic rings. The highest BCUT2D eigenvalue weighted by molar-refractivity contribution is 5.76. The molecule has 0 radical (unpaired) electrons. The first kappa shape index (κ1) is 20.1. The van der Waals surface area contributed by atoms with Crippen LogP contribution in [0.3, 0.4) is 0 Å². The van der Waals surface area contributed by atoms with E-state index in [2.05, 4.69) is 20.6 Å². The van der Waals surface area contributed by atoms with E-state index in [4.69, 9.17) is 0 Å². The highest BCUT2D eigenvalue weighted by Crippen LogP contribution is 2.35. The van der Waals surface area contributed by atoms with Crippen molar-refractivity contribution in [2.24, 2.45) is 5.41 Å². The van der Waals surface area contributed by atoms with Crippen LogP contribution in [0.4, 0.5) is 4.39 Å². The van der Waals surface area contributed by atoms with Crippen molar-refractivity contribution in [3.8, 4) is 11.4 Å². The van der Waals surface area contributed by atoms with E-state index in [9.17, 15) is 19.4 Å². The minimum absolute atomic E-state index is 0.0640. The number of aliphatic carboxylic acids is 1. The van der Waals surface area contributed by atoms with E-state index in [0.29, 0.717) is 30.9 Å². The van der Waals surface area contributed by atoms with Crippen LogP contribution in [0.2, 0.25) is 0 Å². The number of carbonyl (C=O) groups is 1. The van der Waals surface area contributed by atoms with Gasteiger partial charge in [0.25, 0.3) is 0 Å². The van der Waals surface area contributed by atoms with Gasteiger partial charge >= 0.3 is 5.97 Å². The summed E-state index contributed by atoms with van der Waals surface area (Å²) in [5.41, 5.74) is 0.996. The van der Waals surface area contributed by atoms with E-state index in [0.717, 1.165) is 11.1 Å². The Bertz CT molecular complexity index is 1010. The number of nitrogens with zero attached hydrogens (tertiary/aromatic N) is 4. The molecule has 9 heteroatoms. The molecule has 1 saturated heterocycles. The highest BCUT2D eigenvalue weighted by atomic mass is 19.1. The zero-order valence-electron chi connectivity index (χ0n) is 16.2. The van der Waals surface area contributed by atoms with Crippen LogP contribution in [-0.2, 0) is 17.8 Å². The van der Waals surface area contributed by atoms with Crippen molar-refractivity contribution in [3.05, 3.63) is 65.5 Å². The predicted molar refractivity (Wildman–Crippen MR) is 106 cm³/mol. The summed E-state index contributed by atoms with van der Waals surface area (Å²) in [6, 6.07) is 13.5. The lowest BCUT2D eigenvalue weighted by Gasteiger charge is -2.43. The van der Waals surface area contributed by atoms with E-state index in [1.807, 2.05) is 29.2 Å². The minimum atomic E-state index is -1.39. The number of aromatic amines is 1. The second-order valence-electron chi connectivity index (χ2n) is 7.72. The molecule has 1 fully saturated rings. The molecule has 2 atom stereocenters. The SMILES string of the molecule is O=C(O)[C@]1(Cc2cccc(F)c2)CN(Cc2ccc(-c3nn[nH]n3)cc2)CC[C@H]1O. The molecule has 1 aromatic heterocycles. The highest BCUT2D eigenvalue weighted by Gasteiger charge is 2.49. The monoisotopic (exact) mass is 411 g/mol. The number of rotatable bonds is 6. The van der Waals surface area contributed by atoms with Gasteiger partial charge in [0, 0.05) is 25.2 Å². The summed E-state index contributed by atoms with van der Waals surface area (Å²) in [6.45, 7) is 1.29. The smallest absolute Gasteiger partial charge is 0.313 e. The van der Waals surface area contributed by atoms with Gasteiger partial charge in [0.15, 0.2) is 0 Å². The number of aromatic nitrogens is 4. The fraction of sp³-hybridized carbons (Fsp3) is 0.333. The molecule has 30 heavy (non-hydrogen) atoms. The Morgan fingerprint density at radius 3 is 2.70 bits per heavy atom. The molecule has 1 aliphatic rings. The zero-order valence-corrected chi connectivity index (χ0v) is 16.2. The average molecular weight is 411 g/mol. The lowest BCUT2D eigenvalue weighted by atomic mass is 9.72. The summed E-state index contributed by atoms with van der Waals surface area (Å²) in [4.78, 5) is 14.3. The van der Waals surface area contributed by atoms with Crippen LogP contribution in [-0.4, -0.2) is 60.9 Å². The summed E-state index contributed by atoms with van der Waals surface area (Å²) in [6.07, 6.45) is -0.605. The second kappa shape index (κ2) is 8.29. The number of benzene rings is 2. The van der Waals surface area contributed by atoms with Gasteiger partial charge in [-0.15, -0.1) is 10.2 Å². The summed E-state index contributed by atoms with van der Waals surface area (Å²) in [5, 5.41) is 34.5. The summed E-state index contributed by atoms with van der Waals surface area (Å²) >= 11 is 0. The summed E-state index contributed by atoms with van der Waals surface area (Å²) < 4.78 is 13.6. The number of carboxylic acid groups (broad SMARTS) is 1. The molecule has 8 nitrogen and oxygen atoms in total. The molecule has 0 saturated carbocycles. The Hall–Kier alpha value is -3.17. The van der Waals surface area contributed by atoms with Gasteiger partial charge in [-0.2, -0.15) is 5.21 Å². The third kappa shape index (κ3) is 4.07. The van der Waals surface area contributed by atoms with Crippen LogP contribution in [0.25, 0.3) is 11.4 Å².